The van der Waals surface area contributed by atoms with Gasteiger partial charge >= 0.3 is 5.69 Å². The molecule has 0 aromatic carbocycles. The van der Waals surface area contributed by atoms with Crippen molar-refractivity contribution in [2.75, 3.05) is 0 Å². The Kier molecular flexibility index (Phi) is 5.78. The minimum absolute atomic E-state index is 0.00790. The third-order valence-electron chi connectivity index (χ3n) is 5.71. The van der Waals surface area contributed by atoms with Crippen molar-refractivity contribution in [2.24, 2.45) is 5.92 Å². The van der Waals surface area contributed by atoms with Crippen LogP contribution in [0.2, 0.25) is 0 Å². The lowest BCUT2D eigenvalue weighted by Gasteiger charge is -2.13. The van der Waals surface area contributed by atoms with Crippen molar-refractivity contribution in [1.82, 2.24) is 29.8 Å². The van der Waals surface area contributed by atoms with E-state index in [-0.39, 0.29) is 17.5 Å². The highest BCUT2D eigenvalue weighted by atomic mass is 16.5. The van der Waals surface area contributed by atoms with E-state index in [2.05, 4.69) is 20.6 Å². The lowest BCUT2D eigenvalue weighted by molar-refractivity contribution is -0.122. The monoisotopic (exact) mass is 410 g/mol. The molecular weight excluding hydrogens is 384 g/mol. The molecular formula is C21H26N6O3. The van der Waals surface area contributed by atoms with Crippen LogP contribution in [-0.2, 0) is 30.8 Å². The number of carbonyl (C=O) groups is 1. The van der Waals surface area contributed by atoms with Crippen LogP contribution in [0.5, 0.6) is 0 Å². The van der Waals surface area contributed by atoms with Crippen molar-refractivity contribution in [2.45, 2.75) is 59.2 Å². The summed E-state index contributed by atoms with van der Waals surface area (Å²) in [4.78, 5) is 29.3. The Morgan fingerprint density at radius 1 is 1.33 bits per heavy atom. The summed E-state index contributed by atoms with van der Waals surface area (Å²) in [6.45, 7) is 5.14. The smallest absolute Gasteiger partial charge is 0.346 e. The quantitative estimate of drug-likeness (QED) is 0.663. The second-order valence-corrected chi connectivity index (χ2v) is 7.85. The van der Waals surface area contributed by atoms with Crippen LogP contribution in [0.15, 0.2) is 33.8 Å². The first kappa shape index (κ1) is 20.1. The highest BCUT2D eigenvalue weighted by molar-refractivity contribution is 5.76. The fourth-order valence-electron chi connectivity index (χ4n) is 3.93. The van der Waals surface area contributed by atoms with Crippen LogP contribution in [-0.4, -0.2) is 30.4 Å². The summed E-state index contributed by atoms with van der Waals surface area (Å²) in [6.07, 6.45) is 6.20. The largest absolute Gasteiger partial charge is 0.361 e. The van der Waals surface area contributed by atoms with Crippen LogP contribution in [0.3, 0.4) is 0 Å². The first-order chi connectivity index (χ1) is 14.5. The molecule has 1 N–H and O–H groups in total. The van der Waals surface area contributed by atoms with Gasteiger partial charge in [-0.25, -0.2) is 9.48 Å². The van der Waals surface area contributed by atoms with E-state index in [1.165, 1.54) is 4.68 Å². The second-order valence-electron chi connectivity index (χ2n) is 7.85. The average Bonchev–Trinajstić information content (AvgIpc) is 3.12. The second kappa shape index (κ2) is 8.64. The highest BCUT2D eigenvalue weighted by Crippen LogP contribution is 2.21. The average molecular weight is 410 g/mol. The third-order valence-corrected chi connectivity index (χ3v) is 5.71. The molecule has 0 radical (unpaired) electrons. The molecule has 0 spiro atoms. The number of nitrogens with zero attached hydrogens (tertiary/aromatic N) is 5. The number of rotatable bonds is 6. The first-order valence-corrected chi connectivity index (χ1v) is 10.2. The van der Waals surface area contributed by atoms with Crippen molar-refractivity contribution in [1.29, 1.82) is 0 Å². The SMILES string of the molecule is Cc1noc(C)c1CNC(=O)CC1CCc2nn(Cc3cccnc3)c(=O)n2CC1. The van der Waals surface area contributed by atoms with E-state index < -0.39 is 0 Å². The van der Waals surface area contributed by atoms with E-state index in [1.54, 1.807) is 17.0 Å². The summed E-state index contributed by atoms with van der Waals surface area (Å²) >= 11 is 0. The summed E-state index contributed by atoms with van der Waals surface area (Å²) in [6, 6.07) is 3.78. The Labute approximate surface area is 174 Å². The normalized spacial score (nSPS) is 16.1. The van der Waals surface area contributed by atoms with Crippen molar-refractivity contribution in [3.8, 4) is 0 Å². The molecule has 1 aliphatic rings. The fourth-order valence-corrected chi connectivity index (χ4v) is 3.93. The minimum Gasteiger partial charge on any atom is -0.361 e. The molecule has 4 rings (SSSR count). The van der Waals surface area contributed by atoms with Gasteiger partial charge in [-0.2, -0.15) is 5.10 Å². The molecule has 30 heavy (non-hydrogen) atoms. The predicted molar refractivity (Wildman–Crippen MR) is 109 cm³/mol. The van der Waals surface area contributed by atoms with Crippen molar-refractivity contribution in [3.05, 3.63) is 63.4 Å². The number of hydrogen-bond donors (Lipinski definition) is 1. The van der Waals surface area contributed by atoms with Gasteiger partial charge in [0, 0.05) is 43.9 Å². The number of pyridine rings is 1. The first-order valence-electron chi connectivity index (χ1n) is 10.2. The maximum atomic E-state index is 12.7. The molecule has 9 nitrogen and oxygen atoms in total. The topological polar surface area (TPSA) is 108 Å². The van der Waals surface area contributed by atoms with Crippen LogP contribution >= 0.6 is 0 Å². The summed E-state index contributed by atoms with van der Waals surface area (Å²) < 4.78 is 8.38. The van der Waals surface area contributed by atoms with E-state index in [0.29, 0.717) is 32.5 Å². The lowest BCUT2D eigenvalue weighted by Crippen LogP contribution is -2.27. The molecule has 0 fully saturated rings. The Morgan fingerprint density at radius 3 is 2.93 bits per heavy atom. The van der Waals surface area contributed by atoms with Crippen LogP contribution in [0, 0.1) is 19.8 Å². The van der Waals surface area contributed by atoms with Crippen LogP contribution < -0.4 is 11.0 Å². The van der Waals surface area contributed by atoms with Crippen molar-refractivity contribution < 1.29 is 9.32 Å². The number of fused-ring (bicyclic) bond motifs is 1. The maximum absolute atomic E-state index is 12.7. The van der Waals surface area contributed by atoms with Gasteiger partial charge in [0.05, 0.1) is 12.2 Å². The molecule has 0 saturated heterocycles. The maximum Gasteiger partial charge on any atom is 0.346 e. The number of aryl methyl sites for hydroxylation is 3. The molecule has 1 atom stereocenters. The Hall–Kier alpha value is -3.23. The Bertz CT molecular complexity index is 1060. The number of amides is 1. The van der Waals surface area contributed by atoms with Crippen molar-refractivity contribution >= 4 is 5.91 Å². The van der Waals surface area contributed by atoms with Gasteiger partial charge in [0.2, 0.25) is 5.91 Å². The van der Waals surface area contributed by atoms with Gasteiger partial charge < -0.3 is 9.84 Å². The summed E-state index contributed by atoms with van der Waals surface area (Å²) in [5.74, 6) is 1.76. The van der Waals surface area contributed by atoms with E-state index in [1.807, 2.05) is 26.0 Å². The summed E-state index contributed by atoms with van der Waals surface area (Å²) in [5.41, 5.74) is 2.58. The molecule has 0 bridgehead atoms. The molecule has 9 heteroatoms. The molecule has 158 valence electrons. The van der Waals surface area contributed by atoms with Crippen LogP contribution in [0.4, 0.5) is 0 Å². The lowest BCUT2D eigenvalue weighted by atomic mass is 9.96. The van der Waals surface area contributed by atoms with E-state index in [0.717, 1.165) is 41.2 Å². The van der Waals surface area contributed by atoms with Gasteiger partial charge in [-0.05, 0) is 44.2 Å². The van der Waals surface area contributed by atoms with Gasteiger partial charge in [-0.15, -0.1) is 0 Å². The molecule has 1 unspecified atom stereocenters. The summed E-state index contributed by atoms with van der Waals surface area (Å²) in [7, 11) is 0. The van der Waals surface area contributed by atoms with Crippen molar-refractivity contribution in [3.63, 3.8) is 0 Å². The Balaban J connectivity index is 1.33. The van der Waals surface area contributed by atoms with Gasteiger partial charge in [0.25, 0.3) is 0 Å². The van der Waals surface area contributed by atoms with Gasteiger partial charge in [0.1, 0.15) is 11.6 Å². The number of hydrogen-bond acceptors (Lipinski definition) is 6. The van der Waals surface area contributed by atoms with Crippen LogP contribution in [0.25, 0.3) is 0 Å². The van der Waals surface area contributed by atoms with Crippen LogP contribution in [0.1, 0.15) is 47.7 Å². The number of nitrogens with one attached hydrogen (secondary N) is 1. The fraction of sp³-hybridized carbons (Fsp3) is 0.476. The van der Waals surface area contributed by atoms with Gasteiger partial charge in [-0.1, -0.05) is 11.2 Å². The molecule has 1 amide bonds. The number of carbonyl (C=O) groups excluding carboxylic acids is 1. The molecule has 3 aromatic heterocycles. The van der Waals surface area contributed by atoms with E-state index in [4.69, 9.17) is 4.52 Å². The standard InChI is InChI=1S/C21H26N6O3/c1-14-18(15(2)30-25-14)12-23-20(28)10-16-5-6-19-24-27(21(29)26(19)9-7-16)13-17-4-3-8-22-11-17/h3-4,8,11,16H,5-7,9-10,12-13H2,1-2H3,(H,23,28). The molecule has 0 aliphatic carbocycles. The highest BCUT2D eigenvalue weighted by Gasteiger charge is 2.23. The zero-order valence-electron chi connectivity index (χ0n) is 17.3. The van der Waals surface area contributed by atoms with Gasteiger partial charge in [-0.3, -0.25) is 14.3 Å². The Morgan fingerprint density at radius 2 is 2.20 bits per heavy atom. The summed E-state index contributed by atoms with van der Waals surface area (Å²) in [5, 5.41) is 11.4. The number of aromatic nitrogens is 5. The van der Waals surface area contributed by atoms with E-state index >= 15 is 0 Å². The molecule has 1 aliphatic heterocycles. The predicted octanol–water partition coefficient (Wildman–Crippen LogP) is 1.75. The molecule has 0 saturated carbocycles. The minimum atomic E-state index is -0.0997. The third kappa shape index (κ3) is 4.34. The molecule has 4 heterocycles. The van der Waals surface area contributed by atoms with Gasteiger partial charge in [0.15, 0.2) is 0 Å². The zero-order chi connectivity index (χ0) is 21.1. The zero-order valence-corrected chi connectivity index (χ0v) is 17.3. The van der Waals surface area contributed by atoms with E-state index in [9.17, 15) is 9.59 Å². The molecule has 3 aromatic rings.